The highest BCUT2D eigenvalue weighted by Gasteiger charge is 2.39. The van der Waals surface area contributed by atoms with Gasteiger partial charge in [0.1, 0.15) is 26.4 Å². The number of ether oxygens (including phenoxy) is 7. The number of aromatic carboxylic acids is 1. The fraction of sp³-hybridized carbons (Fsp3) is 0.414. The van der Waals surface area contributed by atoms with Gasteiger partial charge < -0.3 is 38.3 Å². The molecule has 0 spiro atoms. The summed E-state index contributed by atoms with van der Waals surface area (Å²) in [6, 6.07) is 5.49. The first-order chi connectivity index (χ1) is 20.0. The van der Waals surface area contributed by atoms with Crippen molar-refractivity contribution in [3.05, 3.63) is 73.4 Å². The Labute approximate surface area is 243 Å². The number of carboxylic acid groups (broad SMARTS) is 1. The van der Waals surface area contributed by atoms with E-state index in [0.29, 0.717) is 0 Å². The molecule has 1 rings (SSSR count). The van der Waals surface area contributed by atoms with Crippen molar-refractivity contribution < 1.29 is 62.2 Å². The summed E-state index contributed by atoms with van der Waals surface area (Å²) >= 11 is 0. The molecule has 1 unspecified atom stereocenters. The van der Waals surface area contributed by atoms with Crippen LogP contribution in [0.1, 0.15) is 20.7 Å². The average molecular weight is 593 g/mol. The van der Waals surface area contributed by atoms with Crippen LogP contribution in [0.4, 0.5) is 0 Å². The first kappa shape index (κ1) is 35.7. The van der Waals surface area contributed by atoms with Gasteiger partial charge in [-0.25, -0.2) is 24.0 Å². The molecule has 0 radical (unpaired) electrons. The van der Waals surface area contributed by atoms with Crippen LogP contribution in [0.2, 0.25) is 0 Å². The standard InChI is InChI=1S/C29H36O13/c1-6-23(30)39-17-28(13-36-4,18-40-24(31)7-2)15-38-16-29(14-37-5,19-41-25(32)8-3)20-42-27(35)22-12-10-9-11-21(22)26(33)34/h6-12H,1-3,13-20H2,4-5H3,(H,33,34). The third-order valence-electron chi connectivity index (χ3n) is 5.67. The lowest BCUT2D eigenvalue weighted by Crippen LogP contribution is -2.46. The summed E-state index contributed by atoms with van der Waals surface area (Å²) in [6.07, 6.45) is 2.87. The van der Waals surface area contributed by atoms with E-state index in [9.17, 15) is 29.1 Å². The monoisotopic (exact) mass is 592 g/mol. The Morgan fingerprint density at radius 3 is 1.38 bits per heavy atom. The van der Waals surface area contributed by atoms with Crippen molar-refractivity contribution in [3.8, 4) is 0 Å². The first-order valence-corrected chi connectivity index (χ1v) is 12.4. The van der Waals surface area contributed by atoms with Crippen molar-refractivity contribution in [3.63, 3.8) is 0 Å². The van der Waals surface area contributed by atoms with Crippen molar-refractivity contribution in [1.29, 1.82) is 0 Å². The molecule has 0 aliphatic rings. The Balaban J connectivity index is 3.26. The Bertz CT molecular complexity index is 1100. The van der Waals surface area contributed by atoms with Gasteiger partial charge in [0.25, 0.3) is 0 Å². The van der Waals surface area contributed by atoms with Crippen molar-refractivity contribution in [2.45, 2.75) is 0 Å². The maximum absolute atomic E-state index is 12.9. The van der Waals surface area contributed by atoms with Crippen LogP contribution in [0.15, 0.2) is 62.2 Å². The zero-order valence-electron chi connectivity index (χ0n) is 23.7. The van der Waals surface area contributed by atoms with E-state index in [4.69, 9.17) is 33.2 Å². The zero-order valence-corrected chi connectivity index (χ0v) is 23.7. The van der Waals surface area contributed by atoms with Gasteiger partial charge in [-0.1, -0.05) is 31.9 Å². The van der Waals surface area contributed by atoms with Gasteiger partial charge in [0.05, 0.1) is 48.4 Å². The van der Waals surface area contributed by atoms with Crippen LogP contribution in [-0.2, 0) is 47.5 Å². The van der Waals surface area contributed by atoms with Gasteiger partial charge in [0, 0.05) is 32.4 Å². The molecular weight excluding hydrogens is 556 g/mol. The Morgan fingerprint density at radius 1 is 0.643 bits per heavy atom. The Morgan fingerprint density at radius 2 is 1.02 bits per heavy atom. The summed E-state index contributed by atoms with van der Waals surface area (Å²) in [5, 5.41) is 9.42. The SMILES string of the molecule is C=CC(=O)OCC(COC)(COCC(COC)(COC(=O)C=C)COC(=O)c1ccccc1C(=O)O)COC(=O)C=C. The molecule has 0 aliphatic heterocycles. The summed E-state index contributed by atoms with van der Waals surface area (Å²) in [5.74, 6) is -4.49. The number of rotatable bonds is 21. The molecule has 0 aliphatic carbocycles. The predicted octanol–water partition coefficient (Wildman–Crippen LogP) is 2.01. The molecule has 0 saturated heterocycles. The second-order valence-electron chi connectivity index (χ2n) is 9.22. The topological polar surface area (TPSA) is 170 Å². The molecule has 0 bridgehead atoms. The summed E-state index contributed by atoms with van der Waals surface area (Å²) in [7, 11) is 2.75. The maximum Gasteiger partial charge on any atom is 0.339 e. The highest BCUT2D eigenvalue weighted by atomic mass is 16.6. The number of methoxy groups -OCH3 is 2. The molecule has 0 aromatic heterocycles. The minimum atomic E-state index is -1.32. The summed E-state index contributed by atoms with van der Waals surface area (Å²) in [4.78, 5) is 59.9. The molecule has 42 heavy (non-hydrogen) atoms. The number of hydrogen-bond donors (Lipinski definition) is 1. The summed E-state index contributed by atoms with van der Waals surface area (Å²) < 4.78 is 37.7. The minimum Gasteiger partial charge on any atom is -0.478 e. The number of benzene rings is 1. The molecule has 0 amide bonds. The summed E-state index contributed by atoms with van der Waals surface area (Å²) in [5.41, 5.74) is -2.94. The van der Waals surface area contributed by atoms with Crippen LogP contribution < -0.4 is 0 Å². The van der Waals surface area contributed by atoms with Gasteiger partial charge in [-0.05, 0) is 12.1 Å². The molecule has 13 nitrogen and oxygen atoms in total. The molecule has 1 N–H and O–H groups in total. The molecular formula is C29H36O13. The van der Waals surface area contributed by atoms with Crippen LogP contribution in [0.3, 0.4) is 0 Å². The number of carbonyl (C=O) groups is 5. The van der Waals surface area contributed by atoms with Gasteiger partial charge in [-0.3, -0.25) is 0 Å². The van der Waals surface area contributed by atoms with Crippen molar-refractivity contribution in [1.82, 2.24) is 0 Å². The average Bonchev–Trinajstić information content (AvgIpc) is 2.99. The van der Waals surface area contributed by atoms with Crippen molar-refractivity contribution in [2.24, 2.45) is 10.8 Å². The second kappa shape index (κ2) is 18.2. The van der Waals surface area contributed by atoms with Gasteiger partial charge in [-0.2, -0.15) is 0 Å². The molecule has 1 atom stereocenters. The lowest BCUT2D eigenvalue weighted by atomic mass is 9.90. The first-order valence-electron chi connectivity index (χ1n) is 12.4. The molecule has 0 fully saturated rings. The smallest absolute Gasteiger partial charge is 0.339 e. The van der Waals surface area contributed by atoms with E-state index in [1.54, 1.807) is 0 Å². The van der Waals surface area contributed by atoms with Crippen LogP contribution in [-0.4, -0.2) is 102 Å². The summed E-state index contributed by atoms with van der Waals surface area (Å²) in [6.45, 7) is 8.01. The maximum atomic E-state index is 12.9. The minimum absolute atomic E-state index is 0.0778. The quantitative estimate of drug-likeness (QED) is 0.125. The van der Waals surface area contributed by atoms with Gasteiger partial charge in [-0.15, -0.1) is 0 Å². The highest BCUT2D eigenvalue weighted by molar-refractivity contribution is 6.02. The molecule has 0 saturated carbocycles. The van der Waals surface area contributed by atoms with E-state index in [1.807, 2.05) is 0 Å². The molecule has 230 valence electrons. The van der Waals surface area contributed by atoms with E-state index in [0.717, 1.165) is 18.2 Å². The Kier molecular flexibility index (Phi) is 15.4. The van der Waals surface area contributed by atoms with Gasteiger partial charge in [0.2, 0.25) is 0 Å². The van der Waals surface area contributed by atoms with Crippen LogP contribution in [0.25, 0.3) is 0 Å². The van der Waals surface area contributed by atoms with E-state index < -0.39 is 47.3 Å². The normalized spacial score (nSPS) is 12.2. The second-order valence-corrected chi connectivity index (χ2v) is 9.22. The van der Waals surface area contributed by atoms with E-state index in [-0.39, 0.29) is 57.4 Å². The molecule has 0 heterocycles. The number of carbonyl (C=O) groups excluding carboxylic acids is 4. The lowest BCUT2D eigenvalue weighted by Gasteiger charge is -2.35. The van der Waals surface area contributed by atoms with Crippen LogP contribution in [0.5, 0.6) is 0 Å². The van der Waals surface area contributed by atoms with E-state index >= 15 is 0 Å². The van der Waals surface area contributed by atoms with E-state index in [2.05, 4.69) is 19.7 Å². The third kappa shape index (κ3) is 11.6. The Hall–Kier alpha value is -4.33. The fourth-order valence-corrected chi connectivity index (χ4v) is 3.59. The van der Waals surface area contributed by atoms with Crippen LogP contribution in [0, 0.1) is 10.8 Å². The fourth-order valence-electron chi connectivity index (χ4n) is 3.59. The predicted molar refractivity (Wildman–Crippen MR) is 147 cm³/mol. The van der Waals surface area contributed by atoms with Crippen molar-refractivity contribution in [2.75, 3.05) is 67.1 Å². The molecule has 1 aromatic rings. The number of esters is 4. The molecule has 1 aromatic carbocycles. The molecule has 13 heteroatoms. The van der Waals surface area contributed by atoms with Crippen LogP contribution >= 0.6 is 0 Å². The van der Waals surface area contributed by atoms with Crippen molar-refractivity contribution >= 4 is 29.8 Å². The van der Waals surface area contributed by atoms with Gasteiger partial charge in [0.15, 0.2) is 0 Å². The highest BCUT2D eigenvalue weighted by Crippen LogP contribution is 2.26. The number of carboxylic acids is 1. The van der Waals surface area contributed by atoms with Gasteiger partial charge >= 0.3 is 29.8 Å². The number of hydrogen-bond acceptors (Lipinski definition) is 12. The largest absolute Gasteiger partial charge is 0.478 e. The third-order valence-corrected chi connectivity index (χ3v) is 5.67. The zero-order chi connectivity index (χ0) is 31.6. The van der Waals surface area contributed by atoms with E-state index in [1.165, 1.54) is 38.5 Å². The lowest BCUT2D eigenvalue weighted by molar-refractivity contribution is -0.161.